The second kappa shape index (κ2) is 9.03. The first-order chi connectivity index (χ1) is 13.7. The number of hydrogen-bond acceptors (Lipinski definition) is 2. The highest BCUT2D eigenvalue weighted by Gasteiger charge is 2.30. The van der Waals surface area contributed by atoms with Gasteiger partial charge in [0.25, 0.3) is 0 Å². The Morgan fingerprint density at radius 2 is 1.90 bits per heavy atom. The van der Waals surface area contributed by atoms with E-state index in [9.17, 15) is 13.2 Å². The molecule has 1 aliphatic heterocycles. The normalized spacial score (nSPS) is 18.2. The van der Waals surface area contributed by atoms with Crippen LogP contribution in [0.25, 0.3) is 0 Å². The fraction of sp³-hybridized carbons (Fsp3) is 0.409. The summed E-state index contributed by atoms with van der Waals surface area (Å²) in [6, 6.07) is 13.3. The van der Waals surface area contributed by atoms with Gasteiger partial charge in [-0.3, -0.25) is 0 Å². The maximum atomic E-state index is 12.8. The summed E-state index contributed by atoms with van der Waals surface area (Å²) in [6.07, 6.45) is -1.88. The van der Waals surface area contributed by atoms with Crippen molar-refractivity contribution < 1.29 is 13.2 Å². The van der Waals surface area contributed by atoms with Crippen molar-refractivity contribution in [3.8, 4) is 0 Å². The lowest BCUT2D eigenvalue weighted by atomic mass is 9.99. The van der Waals surface area contributed by atoms with Crippen molar-refractivity contribution in [2.75, 3.05) is 23.3 Å². The standard InChI is InChI=1S/C22H26F3N3S/c1-15-5-4-12-28(14-15)20-10-8-17(9-11-20)16(2)26-21(29)27-19-7-3-6-18(13-19)22(23,24)25/h3,6-11,13,15-16H,4-5,12,14H2,1-2H3,(H2,26,27,29)/t15-,16+/m0/s1. The molecule has 0 saturated carbocycles. The van der Waals surface area contributed by atoms with Gasteiger partial charge in [0.1, 0.15) is 0 Å². The average Bonchev–Trinajstić information content (AvgIpc) is 2.67. The summed E-state index contributed by atoms with van der Waals surface area (Å²) in [5, 5.41) is 6.25. The monoisotopic (exact) mass is 421 g/mol. The quantitative estimate of drug-likeness (QED) is 0.593. The molecule has 1 heterocycles. The lowest BCUT2D eigenvalue weighted by Gasteiger charge is -2.33. The first-order valence-electron chi connectivity index (χ1n) is 9.82. The number of piperidine rings is 1. The minimum absolute atomic E-state index is 0.0740. The van der Waals surface area contributed by atoms with Crippen LogP contribution >= 0.6 is 12.2 Å². The van der Waals surface area contributed by atoms with Crippen molar-refractivity contribution in [3.63, 3.8) is 0 Å². The largest absolute Gasteiger partial charge is 0.416 e. The SMILES string of the molecule is C[C@H]1CCCN(c2ccc([C@@H](C)NC(=S)Nc3cccc(C(F)(F)F)c3)cc2)C1. The number of nitrogens with one attached hydrogen (secondary N) is 2. The van der Waals surface area contributed by atoms with Crippen LogP contribution in [-0.2, 0) is 6.18 Å². The molecule has 156 valence electrons. The number of rotatable bonds is 4. The molecule has 3 nitrogen and oxygen atoms in total. The van der Waals surface area contributed by atoms with Gasteiger partial charge >= 0.3 is 6.18 Å². The number of thiocarbonyl (C=S) groups is 1. The molecular formula is C22H26F3N3S. The Labute approximate surface area is 175 Å². The molecule has 1 aliphatic rings. The third-order valence-corrected chi connectivity index (χ3v) is 5.43. The zero-order chi connectivity index (χ0) is 21.0. The maximum absolute atomic E-state index is 12.8. The molecule has 0 aromatic heterocycles. The van der Waals surface area contributed by atoms with E-state index in [1.165, 1.54) is 24.6 Å². The van der Waals surface area contributed by atoms with Crippen molar-refractivity contribution in [1.82, 2.24) is 5.32 Å². The van der Waals surface area contributed by atoms with Crippen LogP contribution in [0.2, 0.25) is 0 Å². The summed E-state index contributed by atoms with van der Waals surface area (Å²) >= 11 is 5.28. The van der Waals surface area contributed by atoms with Gasteiger partial charge in [-0.1, -0.05) is 25.1 Å². The summed E-state index contributed by atoms with van der Waals surface area (Å²) in [5.74, 6) is 0.711. The third-order valence-electron chi connectivity index (χ3n) is 5.21. The van der Waals surface area contributed by atoms with Gasteiger partial charge in [0, 0.05) is 24.5 Å². The predicted molar refractivity (Wildman–Crippen MR) is 116 cm³/mol. The van der Waals surface area contributed by atoms with Gasteiger partial charge in [-0.25, -0.2) is 0 Å². The van der Waals surface area contributed by atoms with Crippen molar-refractivity contribution in [2.24, 2.45) is 5.92 Å². The second-order valence-corrected chi connectivity index (χ2v) is 8.09. The van der Waals surface area contributed by atoms with E-state index in [1.54, 1.807) is 6.07 Å². The van der Waals surface area contributed by atoms with Gasteiger partial charge in [-0.2, -0.15) is 13.2 Å². The van der Waals surface area contributed by atoms with Crippen LogP contribution in [0.1, 0.15) is 43.9 Å². The predicted octanol–water partition coefficient (Wildman–Crippen LogP) is 5.99. The Bertz CT molecular complexity index is 836. The van der Waals surface area contributed by atoms with E-state index in [-0.39, 0.29) is 11.2 Å². The van der Waals surface area contributed by atoms with Gasteiger partial charge in [-0.05, 0) is 73.8 Å². The topological polar surface area (TPSA) is 27.3 Å². The lowest BCUT2D eigenvalue weighted by molar-refractivity contribution is -0.137. The Morgan fingerprint density at radius 1 is 1.17 bits per heavy atom. The molecule has 0 radical (unpaired) electrons. The Hall–Kier alpha value is -2.28. The molecule has 1 fully saturated rings. The highest BCUT2D eigenvalue weighted by molar-refractivity contribution is 7.80. The van der Waals surface area contributed by atoms with Crippen molar-refractivity contribution in [2.45, 2.75) is 38.9 Å². The van der Waals surface area contributed by atoms with E-state index in [4.69, 9.17) is 12.2 Å². The van der Waals surface area contributed by atoms with E-state index in [1.807, 2.05) is 6.92 Å². The van der Waals surface area contributed by atoms with Crippen molar-refractivity contribution >= 4 is 28.7 Å². The number of alkyl halides is 3. The van der Waals surface area contributed by atoms with Crippen LogP contribution in [0.5, 0.6) is 0 Å². The molecule has 7 heteroatoms. The fourth-order valence-electron chi connectivity index (χ4n) is 3.62. The first kappa shape index (κ1) is 21.4. The lowest BCUT2D eigenvalue weighted by Crippen LogP contribution is -2.34. The average molecular weight is 422 g/mol. The van der Waals surface area contributed by atoms with Gasteiger partial charge in [0.05, 0.1) is 11.6 Å². The maximum Gasteiger partial charge on any atom is 0.416 e. The molecule has 29 heavy (non-hydrogen) atoms. The van der Waals surface area contributed by atoms with Crippen LogP contribution in [0, 0.1) is 5.92 Å². The van der Waals surface area contributed by atoms with Gasteiger partial charge < -0.3 is 15.5 Å². The number of anilines is 2. The molecule has 2 aromatic carbocycles. The van der Waals surface area contributed by atoms with Crippen LogP contribution in [0.15, 0.2) is 48.5 Å². The summed E-state index contributed by atoms with van der Waals surface area (Å²) in [6.45, 7) is 6.42. The highest BCUT2D eigenvalue weighted by Crippen LogP contribution is 2.30. The molecule has 1 saturated heterocycles. The van der Waals surface area contributed by atoms with Crippen LogP contribution < -0.4 is 15.5 Å². The van der Waals surface area contributed by atoms with Crippen LogP contribution in [0.4, 0.5) is 24.5 Å². The minimum Gasteiger partial charge on any atom is -0.371 e. The Balaban J connectivity index is 1.58. The number of hydrogen-bond donors (Lipinski definition) is 2. The zero-order valence-corrected chi connectivity index (χ0v) is 17.4. The van der Waals surface area contributed by atoms with Gasteiger partial charge in [-0.15, -0.1) is 0 Å². The molecule has 0 amide bonds. The smallest absolute Gasteiger partial charge is 0.371 e. The summed E-state index contributed by atoms with van der Waals surface area (Å²) in [5.41, 5.74) is 1.88. The Kier molecular flexibility index (Phi) is 6.67. The number of nitrogens with zero attached hydrogens (tertiary/aromatic N) is 1. The molecule has 2 atom stereocenters. The van der Waals surface area contributed by atoms with Gasteiger partial charge in [0.15, 0.2) is 5.11 Å². The van der Waals surface area contributed by atoms with E-state index >= 15 is 0 Å². The molecule has 0 aliphatic carbocycles. The van der Waals surface area contributed by atoms with Crippen LogP contribution in [-0.4, -0.2) is 18.2 Å². The highest BCUT2D eigenvalue weighted by atomic mass is 32.1. The molecule has 2 N–H and O–H groups in total. The van der Waals surface area contributed by atoms with Gasteiger partial charge in [0.2, 0.25) is 0 Å². The van der Waals surface area contributed by atoms with E-state index in [0.29, 0.717) is 11.6 Å². The van der Waals surface area contributed by atoms with E-state index in [2.05, 4.69) is 46.7 Å². The van der Waals surface area contributed by atoms with E-state index < -0.39 is 11.7 Å². The number of benzene rings is 2. The molecular weight excluding hydrogens is 395 g/mol. The van der Waals surface area contributed by atoms with Crippen molar-refractivity contribution in [1.29, 1.82) is 0 Å². The first-order valence-corrected chi connectivity index (χ1v) is 10.2. The van der Waals surface area contributed by atoms with Crippen LogP contribution in [0.3, 0.4) is 0 Å². The molecule has 0 bridgehead atoms. The summed E-state index contributed by atoms with van der Waals surface area (Å²) < 4.78 is 38.5. The molecule has 0 spiro atoms. The Morgan fingerprint density at radius 3 is 2.55 bits per heavy atom. The fourth-order valence-corrected chi connectivity index (χ4v) is 3.91. The summed E-state index contributed by atoms with van der Waals surface area (Å²) in [4.78, 5) is 2.41. The summed E-state index contributed by atoms with van der Waals surface area (Å²) in [7, 11) is 0. The zero-order valence-electron chi connectivity index (χ0n) is 16.6. The van der Waals surface area contributed by atoms with Crippen molar-refractivity contribution in [3.05, 3.63) is 59.7 Å². The molecule has 3 rings (SSSR count). The van der Waals surface area contributed by atoms with E-state index in [0.717, 1.165) is 30.8 Å². The third kappa shape index (κ3) is 5.85. The second-order valence-electron chi connectivity index (χ2n) is 7.68. The molecule has 2 aromatic rings. The number of halogens is 3. The minimum atomic E-state index is -4.38. The molecule has 0 unspecified atom stereocenters.